The van der Waals surface area contributed by atoms with E-state index in [0.29, 0.717) is 17.5 Å². The van der Waals surface area contributed by atoms with Crippen LogP contribution in [0.1, 0.15) is 51.4 Å². The van der Waals surface area contributed by atoms with Crippen LogP contribution >= 0.6 is 0 Å². The van der Waals surface area contributed by atoms with Gasteiger partial charge in [0.1, 0.15) is 0 Å². The standard InChI is InChI=1S/C13H23N3/c1-14-12(15-10-4-5-10)16-11-6-9-13(11)7-2-3-8-13/h10-11H,2-9H2,1H3,(H2,14,15,16). The summed E-state index contributed by atoms with van der Waals surface area (Å²) in [5.74, 6) is 1.04. The average Bonchev–Trinajstić information content (AvgIpc) is 2.95. The number of hydrogen-bond donors (Lipinski definition) is 2. The zero-order valence-electron chi connectivity index (χ0n) is 10.3. The van der Waals surface area contributed by atoms with E-state index in [9.17, 15) is 0 Å². The van der Waals surface area contributed by atoms with E-state index < -0.39 is 0 Å². The van der Waals surface area contributed by atoms with Crippen LogP contribution in [-0.4, -0.2) is 25.1 Å². The van der Waals surface area contributed by atoms with E-state index in [4.69, 9.17) is 0 Å². The van der Waals surface area contributed by atoms with Crippen molar-refractivity contribution in [1.29, 1.82) is 0 Å². The van der Waals surface area contributed by atoms with Gasteiger partial charge in [-0.25, -0.2) is 0 Å². The lowest BCUT2D eigenvalue weighted by atomic mass is 9.63. The third kappa shape index (κ3) is 1.80. The fraction of sp³-hybridized carbons (Fsp3) is 0.923. The SMILES string of the molecule is CN=C(NC1CC1)NC1CCC12CCCC2. The van der Waals surface area contributed by atoms with Crippen molar-refractivity contribution in [3.05, 3.63) is 0 Å². The molecule has 3 saturated carbocycles. The fourth-order valence-electron chi connectivity index (χ4n) is 3.36. The van der Waals surface area contributed by atoms with Crippen molar-refractivity contribution in [1.82, 2.24) is 10.6 Å². The highest BCUT2D eigenvalue weighted by molar-refractivity contribution is 5.80. The third-order valence-corrected chi connectivity index (χ3v) is 4.72. The molecular weight excluding hydrogens is 198 g/mol. The quantitative estimate of drug-likeness (QED) is 0.553. The largest absolute Gasteiger partial charge is 0.354 e. The Balaban J connectivity index is 1.56. The number of nitrogens with one attached hydrogen (secondary N) is 2. The van der Waals surface area contributed by atoms with Crippen LogP contribution in [0.5, 0.6) is 0 Å². The highest BCUT2D eigenvalue weighted by Crippen LogP contribution is 2.53. The number of nitrogens with zero attached hydrogens (tertiary/aromatic N) is 1. The van der Waals surface area contributed by atoms with E-state index in [2.05, 4.69) is 15.6 Å². The molecule has 0 saturated heterocycles. The first-order valence-electron chi connectivity index (χ1n) is 6.82. The maximum Gasteiger partial charge on any atom is 0.191 e. The van der Waals surface area contributed by atoms with Crippen molar-refractivity contribution >= 4 is 5.96 Å². The van der Waals surface area contributed by atoms with E-state index in [-0.39, 0.29) is 0 Å². The second-order valence-corrected chi connectivity index (χ2v) is 5.80. The van der Waals surface area contributed by atoms with Crippen molar-refractivity contribution < 1.29 is 0 Å². The summed E-state index contributed by atoms with van der Waals surface area (Å²) in [5.41, 5.74) is 0.640. The summed E-state index contributed by atoms with van der Waals surface area (Å²) < 4.78 is 0. The van der Waals surface area contributed by atoms with Gasteiger partial charge in [0.05, 0.1) is 0 Å². The van der Waals surface area contributed by atoms with E-state index in [1.165, 1.54) is 51.4 Å². The minimum atomic E-state index is 0.640. The maximum atomic E-state index is 4.34. The van der Waals surface area contributed by atoms with Crippen LogP contribution in [0.2, 0.25) is 0 Å². The summed E-state index contributed by atoms with van der Waals surface area (Å²) in [5, 5.41) is 7.13. The van der Waals surface area contributed by atoms with E-state index in [1.54, 1.807) is 0 Å². The normalized spacial score (nSPS) is 32.6. The van der Waals surface area contributed by atoms with Gasteiger partial charge in [-0.1, -0.05) is 12.8 Å². The highest BCUT2D eigenvalue weighted by atomic mass is 15.2. The van der Waals surface area contributed by atoms with Crippen molar-refractivity contribution in [3.8, 4) is 0 Å². The molecule has 0 radical (unpaired) electrons. The first kappa shape index (κ1) is 10.4. The summed E-state index contributed by atoms with van der Waals surface area (Å²) in [6.07, 6.45) is 11.2. The number of guanidine groups is 1. The Morgan fingerprint density at radius 2 is 1.81 bits per heavy atom. The summed E-state index contributed by atoms with van der Waals surface area (Å²) in [7, 11) is 1.89. The number of aliphatic imine (C=N–C) groups is 1. The second kappa shape index (κ2) is 3.94. The summed E-state index contributed by atoms with van der Waals surface area (Å²) in [4.78, 5) is 4.34. The molecule has 3 fully saturated rings. The van der Waals surface area contributed by atoms with Gasteiger partial charge in [-0.3, -0.25) is 4.99 Å². The first-order valence-corrected chi connectivity index (χ1v) is 6.82. The van der Waals surface area contributed by atoms with Gasteiger partial charge in [0.15, 0.2) is 5.96 Å². The van der Waals surface area contributed by atoms with Crippen molar-refractivity contribution in [2.24, 2.45) is 10.4 Å². The van der Waals surface area contributed by atoms with Gasteiger partial charge in [0, 0.05) is 19.1 Å². The smallest absolute Gasteiger partial charge is 0.191 e. The molecule has 1 spiro atoms. The maximum absolute atomic E-state index is 4.34. The van der Waals surface area contributed by atoms with Crippen LogP contribution in [0, 0.1) is 5.41 Å². The van der Waals surface area contributed by atoms with Gasteiger partial charge >= 0.3 is 0 Å². The van der Waals surface area contributed by atoms with Crippen molar-refractivity contribution in [2.45, 2.75) is 63.5 Å². The van der Waals surface area contributed by atoms with Gasteiger partial charge in [0.2, 0.25) is 0 Å². The van der Waals surface area contributed by atoms with Crippen LogP contribution in [0.25, 0.3) is 0 Å². The molecule has 3 aliphatic rings. The number of rotatable bonds is 2. The van der Waals surface area contributed by atoms with Gasteiger partial charge in [-0.15, -0.1) is 0 Å². The molecule has 3 rings (SSSR count). The zero-order chi connectivity index (χ0) is 11.0. The summed E-state index contributed by atoms with van der Waals surface area (Å²) in [6, 6.07) is 1.39. The highest BCUT2D eigenvalue weighted by Gasteiger charge is 2.48. The minimum absolute atomic E-state index is 0.640. The van der Waals surface area contributed by atoms with Gasteiger partial charge < -0.3 is 10.6 Å². The predicted molar refractivity (Wildman–Crippen MR) is 66.6 cm³/mol. The Morgan fingerprint density at radius 3 is 2.31 bits per heavy atom. The second-order valence-electron chi connectivity index (χ2n) is 5.80. The topological polar surface area (TPSA) is 36.4 Å². The summed E-state index contributed by atoms with van der Waals surface area (Å²) >= 11 is 0. The molecule has 16 heavy (non-hydrogen) atoms. The lowest BCUT2D eigenvalue weighted by Gasteiger charge is -2.48. The Bertz CT molecular complexity index is 288. The summed E-state index contributed by atoms with van der Waals surface area (Å²) in [6.45, 7) is 0. The molecule has 1 unspecified atom stereocenters. The molecule has 0 amide bonds. The Morgan fingerprint density at radius 1 is 1.06 bits per heavy atom. The van der Waals surface area contributed by atoms with Crippen molar-refractivity contribution in [3.63, 3.8) is 0 Å². The monoisotopic (exact) mass is 221 g/mol. The lowest BCUT2D eigenvalue weighted by Crippen LogP contribution is -2.56. The Labute approximate surface area is 98.1 Å². The van der Waals surface area contributed by atoms with E-state index in [1.807, 2.05) is 7.05 Å². The van der Waals surface area contributed by atoms with Crippen LogP contribution in [0.3, 0.4) is 0 Å². The lowest BCUT2D eigenvalue weighted by molar-refractivity contribution is 0.0867. The molecule has 3 aliphatic carbocycles. The van der Waals surface area contributed by atoms with Crippen LogP contribution in [-0.2, 0) is 0 Å². The third-order valence-electron chi connectivity index (χ3n) is 4.72. The molecule has 0 aromatic carbocycles. The zero-order valence-corrected chi connectivity index (χ0v) is 10.3. The van der Waals surface area contributed by atoms with Crippen LogP contribution in [0.15, 0.2) is 4.99 Å². The molecule has 2 N–H and O–H groups in total. The molecule has 0 aromatic rings. The van der Waals surface area contributed by atoms with Gasteiger partial charge in [-0.05, 0) is 43.9 Å². The molecule has 0 heterocycles. The molecule has 3 nitrogen and oxygen atoms in total. The van der Waals surface area contributed by atoms with Crippen LogP contribution < -0.4 is 10.6 Å². The van der Waals surface area contributed by atoms with Crippen molar-refractivity contribution in [2.75, 3.05) is 7.05 Å². The van der Waals surface area contributed by atoms with E-state index >= 15 is 0 Å². The Kier molecular flexibility index (Phi) is 2.56. The van der Waals surface area contributed by atoms with Crippen LogP contribution in [0.4, 0.5) is 0 Å². The van der Waals surface area contributed by atoms with Gasteiger partial charge in [-0.2, -0.15) is 0 Å². The number of hydrogen-bond acceptors (Lipinski definition) is 1. The fourth-order valence-corrected chi connectivity index (χ4v) is 3.36. The molecular formula is C13H23N3. The molecule has 90 valence electrons. The van der Waals surface area contributed by atoms with Gasteiger partial charge in [0.25, 0.3) is 0 Å². The van der Waals surface area contributed by atoms with E-state index in [0.717, 1.165) is 5.96 Å². The Hall–Kier alpha value is -0.730. The molecule has 1 atom stereocenters. The predicted octanol–water partition coefficient (Wildman–Crippen LogP) is 2.04. The molecule has 0 aromatic heterocycles. The average molecular weight is 221 g/mol. The molecule has 3 heteroatoms. The first-order chi connectivity index (χ1) is 7.82. The minimum Gasteiger partial charge on any atom is -0.354 e. The molecule has 0 bridgehead atoms. The molecule has 0 aliphatic heterocycles.